The molecule has 1 aromatic carbocycles. The number of rotatable bonds is 2. The SMILES string of the molecule is Cc1c(-c2cccc(F)c2)ccn1S(N)(=O)=O. The van der Waals surface area contributed by atoms with Gasteiger partial charge in [-0.1, -0.05) is 12.1 Å². The second kappa shape index (κ2) is 3.97. The maximum absolute atomic E-state index is 13.1. The number of halogens is 1. The van der Waals surface area contributed by atoms with Gasteiger partial charge in [0.05, 0.1) is 0 Å². The molecule has 0 amide bonds. The van der Waals surface area contributed by atoms with Crippen LogP contribution in [0.2, 0.25) is 0 Å². The molecule has 1 aromatic heterocycles. The number of benzene rings is 1. The molecule has 0 unspecified atom stereocenters. The molecule has 0 bridgehead atoms. The van der Waals surface area contributed by atoms with E-state index in [4.69, 9.17) is 5.14 Å². The van der Waals surface area contributed by atoms with Crippen LogP contribution in [0, 0.1) is 12.7 Å². The molecular weight excluding hydrogens is 243 g/mol. The van der Waals surface area contributed by atoms with Gasteiger partial charge in [0.1, 0.15) is 5.82 Å². The summed E-state index contributed by atoms with van der Waals surface area (Å²) >= 11 is 0. The number of nitrogens with two attached hydrogens (primary N) is 1. The van der Waals surface area contributed by atoms with Crippen molar-refractivity contribution in [1.82, 2.24) is 3.97 Å². The van der Waals surface area contributed by atoms with Crippen LogP contribution in [0.25, 0.3) is 11.1 Å². The van der Waals surface area contributed by atoms with Gasteiger partial charge in [-0.2, -0.15) is 8.42 Å². The van der Waals surface area contributed by atoms with Gasteiger partial charge in [0.2, 0.25) is 0 Å². The number of nitrogens with zero attached hydrogens (tertiary/aromatic N) is 1. The van der Waals surface area contributed by atoms with Crippen LogP contribution in [0.15, 0.2) is 36.5 Å². The highest BCUT2D eigenvalue weighted by Gasteiger charge is 2.13. The van der Waals surface area contributed by atoms with Gasteiger partial charge in [-0.25, -0.2) is 13.5 Å². The predicted molar refractivity (Wildman–Crippen MR) is 63.1 cm³/mol. The summed E-state index contributed by atoms with van der Waals surface area (Å²) in [5, 5.41) is 5.04. The van der Waals surface area contributed by atoms with Crippen molar-refractivity contribution >= 4 is 10.2 Å². The average molecular weight is 254 g/mol. The first kappa shape index (κ1) is 11.8. The summed E-state index contributed by atoms with van der Waals surface area (Å²) in [7, 11) is -3.81. The number of aromatic nitrogens is 1. The van der Waals surface area contributed by atoms with Crippen molar-refractivity contribution in [2.45, 2.75) is 6.92 Å². The number of hydrogen-bond acceptors (Lipinski definition) is 2. The predicted octanol–water partition coefficient (Wildman–Crippen LogP) is 1.65. The van der Waals surface area contributed by atoms with Gasteiger partial charge in [-0.05, 0) is 30.7 Å². The Labute approximate surface area is 98.7 Å². The second-order valence-corrected chi connectivity index (χ2v) is 5.09. The molecule has 0 fully saturated rings. The van der Waals surface area contributed by atoms with Crippen LogP contribution in [-0.2, 0) is 10.2 Å². The minimum atomic E-state index is -3.81. The standard InChI is InChI=1S/C11H11FN2O2S/c1-8-11(5-6-14(8)17(13,15)16)9-3-2-4-10(12)7-9/h2-7H,1H3,(H2,13,15,16). The Balaban J connectivity index is 2.60. The topological polar surface area (TPSA) is 65.1 Å². The smallest absolute Gasteiger partial charge is 0.237 e. The third kappa shape index (κ3) is 2.22. The highest BCUT2D eigenvalue weighted by molar-refractivity contribution is 7.87. The van der Waals surface area contributed by atoms with Gasteiger partial charge in [0.15, 0.2) is 0 Å². The molecule has 0 aliphatic rings. The van der Waals surface area contributed by atoms with E-state index in [-0.39, 0.29) is 5.82 Å². The number of hydrogen-bond donors (Lipinski definition) is 1. The molecule has 0 saturated heterocycles. The zero-order chi connectivity index (χ0) is 12.6. The Bertz CT molecular complexity index is 662. The molecule has 0 spiro atoms. The van der Waals surface area contributed by atoms with Crippen LogP contribution in [0.1, 0.15) is 5.69 Å². The van der Waals surface area contributed by atoms with Crippen LogP contribution in [0.4, 0.5) is 4.39 Å². The normalized spacial score (nSPS) is 11.7. The zero-order valence-electron chi connectivity index (χ0n) is 9.09. The van der Waals surface area contributed by atoms with Gasteiger partial charge in [0, 0.05) is 17.5 Å². The monoisotopic (exact) mass is 254 g/mol. The molecule has 4 nitrogen and oxygen atoms in total. The summed E-state index contributed by atoms with van der Waals surface area (Å²) in [6, 6.07) is 7.54. The molecule has 6 heteroatoms. The highest BCUT2D eigenvalue weighted by Crippen LogP contribution is 2.25. The van der Waals surface area contributed by atoms with Crippen molar-refractivity contribution in [3.8, 4) is 11.1 Å². The van der Waals surface area contributed by atoms with Crippen molar-refractivity contribution in [3.05, 3.63) is 48.0 Å². The first-order valence-corrected chi connectivity index (χ1v) is 6.37. The van der Waals surface area contributed by atoms with E-state index in [0.717, 1.165) is 3.97 Å². The molecule has 0 atom stereocenters. The van der Waals surface area contributed by atoms with E-state index in [0.29, 0.717) is 16.8 Å². The third-order valence-corrected chi connectivity index (χ3v) is 3.45. The van der Waals surface area contributed by atoms with Crippen molar-refractivity contribution in [2.24, 2.45) is 5.14 Å². The average Bonchev–Trinajstić information content (AvgIpc) is 2.59. The van der Waals surface area contributed by atoms with Crippen LogP contribution < -0.4 is 5.14 Å². The lowest BCUT2D eigenvalue weighted by atomic mass is 10.1. The summed E-state index contributed by atoms with van der Waals surface area (Å²) < 4.78 is 36.5. The Morgan fingerprint density at radius 1 is 1.29 bits per heavy atom. The second-order valence-electron chi connectivity index (χ2n) is 3.67. The highest BCUT2D eigenvalue weighted by atomic mass is 32.2. The Hall–Kier alpha value is -1.66. The van der Waals surface area contributed by atoms with Crippen LogP contribution in [-0.4, -0.2) is 12.4 Å². The van der Waals surface area contributed by atoms with Gasteiger partial charge in [0.25, 0.3) is 0 Å². The summed E-state index contributed by atoms with van der Waals surface area (Å²) in [5.41, 5.74) is 1.71. The van der Waals surface area contributed by atoms with Crippen molar-refractivity contribution in [3.63, 3.8) is 0 Å². The van der Waals surface area contributed by atoms with E-state index in [1.54, 1.807) is 25.1 Å². The quantitative estimate of drug-likeness (QED) is 0.885. The van der Waals surface area contributed by atoms with E-state index in [9.17, 15) is 12.8 Å². The summed E-state index contributed by atoms with van der Waals surface area (Å²) in [4.78, 5) is 0. The summed E-state index contributed by atoms with van der Waals surface area (Å²) in [6.07, 6.45) is 1.35. The molecule has 0 radical (unpaired) electrons. The summed E-state index contributed by atoms with van der Waals surface area (Å²) in [6.45, 7) is 1.62. The van der Waals surface area contributed by atoms with Crippen LogP contribution in [0.3, 0.4) is 0 Å². The van der Waals surface area contributed by atoms with Crippen LogP contribution >= 0.6 is 0 Å². The largest absolute Gasteiger partial charge is 0.302 e. The van der Waals surface area contributed by atoms with Gasteiger partial charge in [-0.3, -0.25) is 0 Å². The van der Waals surface area contributed by atoms with Crippen molar-refractivity contribution in [1.29, 1.82) is 0 Å². The fraction of sp³-hybridized carbons (Fsp3) is 0.0909. The lowest BCUT2D eigenvalue weighted by Crippen LogP contribution is -2.21. The van der Waals surface area contributed by atoms with Crippen LogP contribution in [0.5, 0.6) is 0 Å². The van der Waals surface area contributed by atoms with Gasteiger partial charge >= 0.3 is 10.2 Å². The van der Waals surface area contributed by atoms with Crippen molar-refractivity contribution < 1.29 is 12.8 Å². The molecule has 0 saturated carbocycles. The Kier molecular flexibility index (Phi) is 2.76. The minimum absolute atomic E-state index is 0.370. The molecular formula is C11H11FN2O2S. The molecule has 1 heterocycles. The molecule has 0 aliphatic heterocycles. The maximum Gasteiger partial charge on any atom is 0.302 e. The first-order chi connectivity index (χ1) is 7.89. The third-order valence-electron chi connectivity index (χ3n) is 2.51. The van der Waals surface area contributed by atoms with E-state index in [1.807, 2.05) is 0 Å². The minimum Gasteiger partial charge on any atom is -0.237 e. The van der Waals surface area contributed by atoms with Gasteiger partial charge < -0.3 is 0 Å². The molecule has 17 heavy (non-hydrogen) atoms. The van der Waals surface area contributed by atoms with E-state index < -0.39 is 10.2 Å². The lowest BCUT2D eigenvalue weighted by molar-refractivity contribution is 0.588. The van der Waals surface area contributed by atoms with E-state index >= 15 is 0 Å². The molecule has 0 aliphatic carbocycles. The van der Waals surface area contributed by atoms with Gasteiger partial charge in [-0.15, -0.1) is 0 Å². The van der Waals surface area contributed by atoms with E-state index in [2.05, 4.69) is 0 Å². The Morgan fingerprint density at radius 2 is 2.00 bits per heavy atom. The molecule has 2 N–H and O–H groups in total. The maximum atomic E-state index is 13.1. The summed E-state index contributed by atoms with van der Waals surface area (Å²) in [5.74, 6) is -0.370. The first-order valence-electron chi connectivity index (χ1n) is 4.87. The molecule has 2 aromatic rings. The molecule has 90 valence electrons. The fourth-order valence-electron chi connectivity index (χ4n) is 1.73. The fourth-order valence-corrected chi connectivity index (χ4v) is 2.44. The van der Waals surface area contributed by atoms with E-state index in [1.165, 1.54) is 18.3 Å². The zero-order valence-corrected chi connectivity index (χ0v) is 9.91. The lowest BCUT2D eigenvalue weighted by Gasteiger charge is -2.04. The van der Waals surface area contributed by atoms with Crippen molar-refractivity contribution in [2.75, 3.05) is 0 Å². The molecule has 2 rings (SSSR count). The Morgan fingerprint density at radius 3 is 2.53 bits per heavy atom.